The van der Waals surface area contributed by atoms with Gasteiger partial charge in [0, 0.05) is 6.54 Å². The average Bonchev–Trinajstić information content (AvgIpc) is 2.15. The number of nitrogens with zero attached hydrogens (tertiary/aromatic N) is 2. The number of hydrogen-bond donors (Lipinski definition) is 1. The van der Waals surface area contributed by atoms with Crippen LogP contribution in [0.3, 0.4) is 0 Å². The first kappa shape index (κ1) is 7.12. The lowest BCUT2D eigenvalue weighted by Gasteiger charge is -2.05. The first-order valence-electron chi connectivity index (χ1n) is 3.26. The van der Waals surface area contributed by atoms with Crippen LogP contribution < -0.4 is 5.73 Å². The molecule has 0 aliphatic heterocycles. The van der Waals surface area contributed by atoms with Crippen molar-refractivity contribution in [1.82, 2.24) is 9.78 Å². The van der Waals surface area contributed by atoms with E-state index < -0.39 is 0 Å². The van der Waals surface area contributed by atoms with Gasteiger partial charge in [0.05, 0.1) is 6.20 Å². The number of rotatable bonds is 2. The highest BCUT2D eigenvalue weighted by atomic mass is 15.3. The summed E-state index contributed by atoms with van der Waals surface area (Å²) in [6.07, 6.45) is 1.71. The van der Waals surface area contributed by atoms with E-state index >= 15 is 0 Å². The predicted octanol–water partition coefficient (Wildman–Crippen LogP) is 1.08. The second kappa shape index (κ2) is 2.73. The van der Waals surface area contributed by atoms with E-state index in [0.717, 1.165) is 12.4 Å². The number of anilines is 1. The van der Waals surface area contributed by atoms with Crippen molar-refractivity contribution >= 4 is 5.82 Å². The van der Waals surface area contributed by atoms with Crippen LogP contribution in [0, 0.1) is 5.92 Å². The summed E-state index contributed by atoms with van der Waals surface area (Å²) in [6.45, 7) is 4.93. The Morgan fingerprint density at radius 2 is 2.40 bits per heavy atom. The molecule has 0 saturated heterocycles. The Bertz CT molecular complexity index is 202. The van der Waals surface area contributed by atoms with Gasteiger partial charge in [-0.2, -0.15) is 5.10 Å². The summed E-state index contributed by atoms with van der Waals surface area (Å²) >= 11 is 0. The molecular weight excluding hydrogens is 126 g/mol. The largest absolute Gasteiger partial charge is 0.384 e. The van der Waals surface area contributed by atoms with Gasteiger partial charge in [0.2, 0.25) is 0 Å². The summed E-state index contributed by atoms with van der Waals surface area (Å²) in [6, 6.07) is 1.79. The second-order valence-electron chi connectivity index (χ2n) is 2.62. The third kappa shape index (κ3) is 1.50. The molecule has 0 spiro atoms. The van der Waals surface area contributed by atoms with Crippen LogP contribution >= 0.6 is 0 Å². The normalized spacial score (nSPS) is 10.7. The van der Waals surface area contributed by atoms with E-state index in [-0.39, 0.29) is 0 Å². The molecule has 55 valence electrons. The monoisotopic (exact) mass is 138 g/mol. The molecule has 0 aliphatic rings. The number of hydrogen-bond acceptors (Lipinski definition) is 2. The smallest absolute Gasteiger partial charge is 0.121 e. The molecule has 0 aromatic carbocycles. The van der Waals surface area contributed by atoms with Crippen LogP contribution in [0.15, 0.2) is 12.3 Å². The van der Waals surface area contributed by atoms with Gasteiger partial charge < -0.3 is 5.73 Å². The number of aromatic nitrogens is 2. The SMILES string of the molecule is C[C](C)Cn1nccc1N. The Kier molecular flexibility index (Phi) is 1.94. The zero-order valence-electron chi connectivity index (χ0n) is 6.33. The minimum absolute atomic E-state index is 0.723. The molecule has 0 atom stereocenters. The molecule has 0 saturated carbocycles. The van der Waals surface area contributed by atoms with Gasteiger partial charge in [0.1, 0.15) is 5.82 Å². The van der Waals surface area contributed by atoms with Crippen molar-refractivity contribution in [2.75, 3.05) is 5.73 Å². The molecule has 3 nitrogen and oxygen atoms in total. The summed E-state index contributed by atoms with van der Waals surface area (Å²) in [5.41, 5.74) is 5.58. The Morgan fingerprint density at radius 1 is 1.70 bits per heavy atom. The lowest BCUT2D eigenvalue weighted by molar-refractivity contribution is 0.638. The maximum Gasteiger partial charge on any atom is 0.121 e. The van der Waals surface area contributed by atoms with Crippen LogP contribution in [0.2, 0.25) is 0 Å². The molecule has 1 radical (unpaired) electrons. The topological polar surface area (TPSA) is 43.8 Å². The lowest BCUT2D eigenvalue weighted by Crippen LogP contribution is -2.07. The van der Waals surface area contributed by atoms with Crippen LogP contribution in [0.25, 0.3) is 0 Å². The van der Waals surface area contributed by atoms with Gasteiger partial charge in [0.25, 0.3) is 0 Å². The third-order valence-electron chi connectivity index (χ3n) is 1.22. The van der Waals surface area contributed by atoms with E-state index in [2.05, 4.69) is 18.9 Å². The van der Waals surface area contributed by atoms with Crippen LogP contribution in [-0.2, 0) is 6.54 Å². The molecule has 1 rings (SSSR count). The standard InChI is InChI=1S/C7H12N3/c1-6(2)5-10-7(8)3-4-9-10/h3-4H,5,8H2,1-2H3. The Hall–Kier alpha value is -0.990. The van der Waals surface area contributed by atoms with E-state index in [4.69, 9.17) is 5.73 Å². The first-order chi connectivity index (χ1) is 4.70. The highest BCUT2D eigenvalue weighted by Crippen LogP contribution is 2.05. The molecule has 1 heterocycles. The van der Waals surface area contributed by atoms with Crippen LogP contribution in [-0.4, -0.2) is 9.78 Å². The molecule has 10 heavy (non-hydrogen) atoms. The average molecular weight is 138 g/mol. The van der Waals surface area contributed by atoms with Crippen molar-refractivity contribution in [3.8, 4) is 0 Å². The molecule has 0 amide bonds. The summed E-state index contributed by atoms with van der Waals surface area (Å²) < 4.78 is 1.77. The molecule has 1 aromatic heterocycles. The van der Waals surface area contributed by atoms with Crippen molar-refractivity contribution < 1.29 is 0 Å². The highest BCUT2D eigenvalue weighted by molar-refractivity contribution is 5.26. The van der Waals surface area contributed by atoms with E-state index in [0.29, 0.717) is 0 Å². The molecular formula is C7H12N3. The minimum Gasteiger partial charge on any atom is -0.384 e. The van der Waals surface area contributed by atoms with Crippen LogP contribution in [0.5, 0.6) is 0 Å². The van der Waals surface area contributed by atoms with Crippen molar-refractivity contribution in [3.63, 3.8) is 0 Å². The van der Waals surface area contributed by atoms with Gasteiger partial charge in [-0.05, 0) is 12.0 Å². The number of nitrogens with two attached hydrogens (primary N) is 1. The van der Waals surface area contributed by atoms with E-state index in [1.54, 1.807) is 16.9 Å². The Labute approximate surface area is 60.8 Å². The molecule has 2 N–H and O–H groups in total. The zero-order valence-corrected chi connectivity index (χ0v) is 6.33. The lowest BCUT2D eigenvalue weighted by atomic mass is 10.2. The van der Waals surface area contributed by atoms with Gasteiger partial charge >= 0.3 is 0 Å². The fourth-order valence-electron chi connectivity index (χ4n) is 0.775. The quantitative estimate of drug-likeness (QED) is 0.664. The van der Waals surface area contributed by atoms with Crippen LogP contribution in [0.4, 0.5) is 5.82 Å². The Morgan fingerprint density at radius 3 is 2.80 bits per heavy atom. The van der Waals surface area contributed by atoms with Crippen molar-refractivity contribution in [2.24, 2.45) is 0 Å². The predicted molar refractivity (Wildman–Crippen MR) is 41.2 cm³/mol. The maximum absolute atomic E-state index is 5.58. The second-order valence-corrected chi connectivity index (χ2v) is 2.62. The molecule has 0 bridgehead atoms. The molecule has 0 fully saturated rings. The van der Waals surface area contributed by atoms with Gasteiger partial charge in [-0.1, -0.05) is 13.8 Å². The van der Waals surface area contributed by atoms with E-state index in [1.165, 1.54) is 5.92 Å². The maximum atomic E-state index is 5.58. The van der Waals surface area contributed by atoms with Gasteiger partial charge in [-0.15, -0.1) is 0 Å². The Balaban J connectivity index is 2.65. The minimum atomic E-state index is 0.723. The zero-order chi connectivity index (χ0) is 7.56. The van der Waals surface area contributed by atoms with Crippen molar-refractivity contribution in [2.45, 2.75) is 20.4 Å². The first-order valence-corrected chi connectivity index (χ1v) is 3.26. The molecule has 0 aliphatic carbocycles. The highest BCUT2D eigenvalue weighted by Gasteiger charge is 1.99. The molecule has 0 unspecified atom stereocenters. The molecule has 3 heteroatoms. The molecule has 1 aromatic rings. The van der Waals surface area contributed by atoms with Crippen molar-refractivity contribution in [1.29, 1.82) is 0 Å². The third-order valence-corrected chi connectivity index (χ3v) is 1.22. The summed E-state index contributed by atoms with van der Waals surface area (Å²) in [4.78, 5) is 0. The van der Waals surface area contributed by atoms with E-state index in [9.17, 15) is 0 Å². The summed E-state index contributed by atoms with van der Waals surface area (Å²) in [5.74, 6) is 2.02. The van der Waals surface area contributed by atoms with Gasteiger partial charge in [0.15, 0.2) is 0 Å². The van der Waals surface area contributed by atoms with Crippen molar-refractivity contribution in [3.05, 3.63) is 18.2 Å². The fraction of sp³-hybridized carbons (Fsp3) is 0.429. The fourth-order valence-corrected chi connectivity index (χ4v) is 0.775. The van der Waals surface area contributed by atoms with Gasteiger partial charge in [-0.3, -0.25) is 0 Å². The van der Waals surface area contributed by atoms with Crippen LogP contribution in [0.1, 0.15) is 13.8 Å². The van der Waals surface area contributed by atoms with Gasteiger partial charge in [-0.25, -0.2) is 4.68 Å². The summed E-state index contributed by atoms with van der Waals surface area (Å²) in [7, 11) is 0. The van der Waals surface area contributed by atoms with E-state index in [1.807, 2.05) is 0 Å². The number of nitrogen functional groups attached to an aromatic ring is 1. The summed E-state index contributed by atoms with van der Waals surface area (Å²) in [5, 5.41) is 4.03.